The molecule has 1 fully saturated rings. The van der Waals surface area contributed by atoms with Gasteiger partial charge in [0.15, 0.2) is 11.3 Å². The van der Waals surface area contributed by atoms with E-state index < -0.39 is 11.6 Å². The number of rotatable bonds is 5. The summed E-state index contributed by atoms with van der Waals surface area (Å²) in [6.45, 7) is 9.33. The Labute approximate surface area is 193 Å². The Morgan fingerprint density at radius 1 is 1.21 bits per heavy atom. The van der Waals surface area contributed by atoms with Crippen LogP contribution in [-0.2, 0) is 4.74 Å². The maximum Gasteiger partial charge on any atom is 0.356 e. The highest BCUT2D eigenvalue weighted by molar-refractivity contribution is 5.99. The first kappa shape index (κ1) is 23.2. The fourth-order valence-corrected chi connectivity index (χ4v) is 4.57. The Bertz CT molecular complexity index is 1160. The Balaban J connectivity index is 1.90. The normalized spacial score (nSPS) is 15.5. The lowest BCUT2D eigenvalue weighted by Gasteiger charge is -2.39. The molecule has 4 rings (SSSR count). The van der Waals surface area contributed by atoms with E-state index >= 15 is 0 Å². The van der Waals surface area contributed by atoms with Gasteiger partial charge in [-0.3, -0.25) is 0 Å². The maximum atomic E-state index is 13.6. The molecule has 0 radical (unpaired) electrons. The number of fused-ring (bicyclic) bond motifs is 1. The first-order chi connectivity index (χ1) is 15.6. The van der Waals surface area contributed by atoms with Gasteiger partial charge in [-0.25, -0.2) is 18.9 Å². The minimum absolute atomic E-state index is 0.104. The summed E-state index contributed by atoms with van der Waals surface area (Å²) in [5, 5.41) is 16.2. The van der Waals surface area contributed by atoms with Crippen LogP contribution in [0.1, 0.15) is 62.6 Å². The van der Waals surface area contributed by atoms with Gasteiger partial charge in [0.2, 0.25) is 0 Å². The van der Waals surface area contributed by atoms with Gasteiger partial charge in [-0.2, -0.15) is 5.10 Å². The number of halogens is 1. The zero-order valence-electron chi connectivity index (χ0n) is 19.8. The zero-order valence-corrected chi connectivity index (χ0v) is 19.8. The van der Waals surface area contributed by atoms with Crippen molar-refractivity contribution in [2.24, 2.45) is 5.92 Å². The van der Waals surface area contributed by atoms with Crippen LogP contribution in [0.3, 0.4) is 0 Å². The molecule has 8 heteroatoms. The zero-order chi connectivity index (χ0) is 23.9. The van der Waals surface area contributed by atoms with Crippen molar-refractivity contribution in [1.29, 1.82) is 0 Å². The van der Waals surface area contributed by atoms with Crippen LogP contribution < -0.4 is 4.90 Å². The number of ether oxygens (including phenoxy) is 1. The molecular formula is C25H31FN4O3. The summed E-state index contributed by atoms with van der Waals surface area (Å²) in [6.07, 6.45) is 1.67. The minimum atomic E-state index is -0.729. The number of carbonyl (C=O) groups excluding carboxylic acids is 1. The van der Waals surface area contributed by atoms with E-state index in [9.17, 15) is 14.3 Å². The number of benzene rings is 1. The summed E-state index contributed by atoms with van der Waals surface area (Å²) >= 11 is 0. The van der Waals surface area contributed by atoms with Crippen molar-refractivity contribution in [2.45, 2.75) is 52.1 Å². The molecule has 0 unspecified atom stereocenters. The van der Waals surface area contributed by atoms with Crippen molar-refractivity contribution >= 4 is 22.7 Å². The van der Waals surface area contributed by atoms with Crippen molar-refractivity contribution in [1.82, 2.24) is 14.8 Å². The van der Waals surface area contributed by atoms with Gasteiger partial charge >= 0.3 is 5.97 Å². The molecule has 1 aliphatic rings. The van der Waals surface area contributed by atoms with Gasteiger partial charge < -0.3 is 14.7 Å². The second-order valence-electron chi connectivity index (χ2n) is 9.56. The number of pyridine rings is 1. The molecule has 0 atom stereocenters. The molecule has 1 N–H and O–H groups in total. The summed E-state index contributed by atoms with van der Waals surface area (Å²) in [6, 6.07) is 7.83. The monoisotopic (exact) mass is 454 g/mol. The fourth-order valence-electron chi connectivity index (χ4n) is 4.57. The van der Waals surface area contributed by atoms with Gasteiger partial charge in [0.1, 0.15) is 5.82 Å². The molecule has 33 heavy (non-hydrogen) atoms. The number of methoxy groups -OCH3 is 1. The number of nitrogens with zero attached hydrogens (tertiary/aromatic N) is 4. The minimum Gasteiger partial charge on any atom is -0.464 e. The predicted molar refractivity (Wildman–Crippen MR) is 125 cm³/mol. The highest BCUT2D eigenvalue weighted by atomic mass is 19.1. The van der Waals surface area contributed by atoms with Gasteiger partial charge in [-0.1, -0.05) is 13.8 Å². The van der Waals surface area contributed by atoms with Crippen molar-refractivity contribution in [2.75, 3.05) is 25.1 Å². The maximum absolute atomic E-state index is 13.6. The van der Waals surface area contributed by atoms with Crippen molar-refractivity contribution in [3.63, 3.8) is 0 Å². The van der Waals surface area contributed by atoms with Crippen LogP contribution in [0, 0.1) is 11.7 Å². The highest BCUT2D eigenvalue weighted by Gasteiger charge is 2.32. The summed E-state index contributed by atoms with van der Waals surface area (Å²) in [7, 11) is 1.33. The Morgan fingerprint density at radius 3 is 2.39 bits per heavy atom. The van der Waals surface area contributed by atoms with Crippen LogP contribution in [0.15, 0.2) is 30.3 Å². The molecule has 0 aliphatic carbocycles. The van der Waals surface area contributed by atoms with Crippen LogP contribution >= 0.6 is 0 Å². The molecule has 3 aromatic rings. The first-order valence-electron chi connectivity index (χ1n) is 11.4. The van der Waals surface area contributed by atoms with Crippen molar-refractivity contribution in [3.05, 3.63) is 47.5 Å². The van der Waals surface area contributed by atoms with Crippen LogP contribution in [0.5, 0.6) is 0 Å². The molecule has 176 valence electrons. The standard InChI is InChI=1S/C25H31FN4O3/c1-15(2)22-21-20(29-12-10-16(11-13-29)25(3,4)32)14-19(24(31)33-5)27-23(21)30(28-22)18-8-6-17(26)7-9-18/h6-9,14-16,32H,10-13H2,1-5H3. The molecule has 0 saturated carbocycles. The third-order valence-corrected chi connectivity index (χ3v) is 6.49. The average molecular weight is 455 g/mol. The summed E-state index contributed by atoms with van der Waals surface area (Å²) < 4.78 is 20.2. The molecule has 1 aliphatic heterocycles. The lowest BCUT2D eigenvalue weighted by Crippen LogP contribution is -2.42. The second-order valence-corrected chi connectivity index (χ2v) is 9.56. The largest absolute Gasteiger partial charge is 0.464 e. The van der Waals surface area contributed by atoms with Gasteiger partial charge in [-0.05, 0) is 68.9 Å². The van der Waals surface area contributed by atoms with Gasteiger partial charge in [-0.15, -0.1) is 0 Å². The van der Waals surface area contributed by atoms with Crippen LogP contribution in [0.25, 0.3) is 16.7 Å². The number of hydrogen-bond acceptors (Lipinski definition) is 6. The van der Waals surface area contributed by atoms with Gasteiger partial charge in [0.05, 0.1) is 35.2 Å². The molecule has 1 aromatic carbocycles. The fraction of sp³-hybridized carbons (Fsp3) is 0.480. The van der Waals surface area contributed by atoms with E-state index in [0.29, 0.717) is 11.3 Å². The predicted octanol–water partition coefficient (Wildman–Crippen LogP) is 4.46. The Morgan fingerprint density at radius 2 is 1.85 bits per heavy atom. The summed E-state index contributed by atoms with van der Waals surface area (Å²) in [5.41, 5.74) is 2.41. The highest BCUT2D eigenvalue weighted by Crippen LogP contribution is 2.38. The van der Waals surface area contributed by atoms with E-state index in [0.717, 1.165) is 42.7 Å². The third-order valence-electron chi connectivity index (χ3n) is 6.49. The molecular weight excluding hydrogens is 423 g/mol. The lowest BCUT2D eigenvalue weighted by atomic mass is 9.83. The average Bonchev–Trinajstić information content (AvgIpc) is 3.18. The summed E-state index contributed by atoms with van der Waals surface area (Å²) in [5.74, 6) is -0.550. The van der Waals surface area contributed by atoms with E-state index in [2.05, 4.69) is 23.7 Å². The van der Waals surface area contributed by atoms with E-state index in [1.165, 1.54) is 19.2 Å². The van der Waals surface area contributed by atoms with Crippen LogP contribution in [-0.4, -0.2) is 51.6 Å². The number of piperidine rings is 1. The molecule has 7 nitrogen and oxygen atoms in total. The second kappa shape index (κ2) is 8.74. The molecule has 0 bridgehead atoms. The quantitative estimate of drug-likeness (QED) is 0.574. The van der Waals surface area contributed by atoms with E-state index in [1.807, 2.05) is 13.8 Å². The number of aromatic nitrogens is 3. The van der Waals surface area contributed by atoms with Crippen molar-refractivity contribution < 1.29 is 19.0 Å². The lowest BCUT2D eigenvalue weighted by molar-refractivity contribution is 0.00653. The summed E-state index contributed by atoms with van der Waals surface area (Å²) in [4.78, 5) is 19.4. The molecule has 0 spiro atoms. The van der Waals surface area contributed by atoms with E-state index in [1.54, 1.807) is 22.9 Å². The SMILES string of the molecule is COC(=O)c1cc(N2CCC(C(C)(C)O)CC2)c2c(C(C)C)nn(-c3ccc(F)cc3)c2n1. The van der Waals surface area contributed by atoms with E-state index in [4.69, 9.17) is 9.84 Å². The third kappa shape index (κ3) is 4.44. The Hall–Kier alpha value is -3.00. The van der Waals surface area contributed by atoms with Gasteiger partial charge in [0.25, 0.3) is 0 Å². The molecule has 3 heterocycles. The smallest absolute Gasteiger partial charge is 0.356 e. The van der Waals surface area contributed by atoms with Crippen LogP contribution in [0.2, 0.25) is 0 Å². The van der Waals surface area contributed by atoms with Gasteiger partial charge in [0, 0.05) is 13.1 Å². The first-order valence-corrected chi connectivity index (χ1v) is 11.4. The Kier molecular flexibility index (Phi) is 6.14. The van der Waals surface area contributed by atoms with E-state index in [-0.39, 0.29) is 23.3 Å². The topological polar surface area (TPSA) is 80.5 Å². The molecule has 0 amide bonds. The number of anilines is 1. The number of carbonyl (C=O) groups is 1. The number of esters is 1. The number of aliphatic hydroxyl groups is 1. The number of hydrogen-bond donors (Lipinski definition) is 1. The van der Waals surface area contributed by atoms with Crippen LogP contribution in [0.4, 0.5) is 10.1 Å². The van der Waals surface area contributed by atoms with Crippen molar-refractivity contribution in [3.8, 4) is 5.69 Å². The molecule has 1 saturated heterocycles. The molecule has 2 aromatic heterocycles.